The largest absolute Gasteiger partial charge is 0.444 e. The van der Waals surface area contributed by atoms with Gasteiger partial charge in [-0.25, -0.2) is 4.79 Å². The molecule has 0 bridgehead atoms. The molecule has 3 N–H and O–H groups in total. The summed E-state index contributed by atoms with van der Waals surface area (Å²) in [4.78, 5) is 64.5. The lowest BCUT2D eigenvalue weighted by molar-refractivity contribution is -0.140. The Bertz CT molecular complexity index is 981. The molecule has 1 saturated heterocycles. The smallest absolute Gasteiger partial charge is 0.408 e. The van der Waals surface area contributed by atoms with Crippen molar-refractivity contribution in [2.75, 3.05) is 12.4 Å². The van der Waals surface area contributed by atoms with Crippen molar-refractivity contribution in [3.05, 3.63) is 35.9 Å². The average molecular weight is 537 g/mol. The molecule has 1 aliphatic rings. The molecule has 4 amide bonds. The number of alkyl carbamates (subject to hydrolysis) is 1. The normalized spacial score (nSPS) is 17.8. The molecule has 10 nitrogen and oxygen atoms in total. The summed E-state index contributed by atoms with van der Waals surface area (Å²) in [5.74, 6) is -2.04. The number of nitrogens with one attached hydrogen (secondary N) is 3. The van der Waals surface area contributed by atoms with Crippen LogP contribution in [0.4, 0.5) is 4.79 Å². The lowest BCUT2D eigenvalue weighted by atomic mass is 10.0. The Kier molecular flexibility index (Phi) is 10.9. The molecule has 2 rings (SSSR count). The van der Waals surface area contributed by atoms with E-state index in [4.69, 9.17) is 16.3 Å². The van der Waals surface area contributed by atoms with Gasteiger partial charge in [0.25, 0.3) is 0 Å². The van der Waals surface area contributed by atoms with Crippen molar-refractivity contribution >= 4 is 41.2 Å². The Hall–Kier alpha value is -3.14. The second-order valence-electron chi connectivity index (χ2n) is 10.1. The minimum absolute atomic E-state index is 0.257. The van der Waals surface area contributed by atoms with Crippen LogP contribution in [0.2, 0.25) is 0 Å². The quantitative estimate of drug-likeness (QED) is 0.391. The zero-order chi connectivity index (χ0) is 27.8. The fraction of sp³-hybridized carbons (Fsp3) is 0.577. The Balaban J connectivity index is 1.97. The SMILES string of the molecule is C[C@H](NC(=O)C1CCCN1C(=O)[C@@H](C)NC(=O)OC(C)(C)C)C(=O)NC(Cc1ccccc1)C(=O)CCl. The van der Waals surface area contributed by atoms with Crippen LogP contribution in [-0.2, 0) is 30.3 Å². The number of alkyl halides is 1. The number of ketones is 1. The molecule has 4 atom stereocenters. The second-order valence-corrected chi connectivity index (χ2v) is 10.4. The number of hydrogen-bond donors (Lipinski definition) is 3. The number of carbonyl (C=O) groups is 5. The van der Waals surface area contributed by atoms with E-state index in [-0.39, 0.29) is 18.1 Å². The van der Waals surface area contributed by atoms with Gasteiger partial charge in [-0.15, -0.1) is 11.6 Å². The molecule has 204 valence electrons. The van der Waals surface area contributed by atoms with Gasteiger partial charge in [0.15, 0.2) is 5.78 Å². The summed E-state index contributed by atoms with van der Waals surface area (Å²) < 4.78 is 5.19. The fourth-order valence-electron chi connectivity index (χ4n) is 3.96. The molecule has 1 aromatic carbocycles. The van der Waals surface area contributed by atoms with Gasteiger partial charge in [-0.2, -0.15) is 0 Å². The van der Waals surface area contributed by atoms with Crippen molar-refractivity contribution < 1.29 is 28.7 Å². The number of ether oxygens (including phenoxy) is 1. The average Bonchev–Trinajstić information content (AvgIpc) is 3.32. The van der Waals surface area contributed by atoms with Crippen molar-refractivity contribution in [3.8, 4) is 0 Å². The Labute approximate surface area is 222 Å². The Morgan fingerprint density at radius 2 is 1.68 bits per heavy atom. The number of likely N-dealkylation sites (tertiary alicyclic amines) is 1. The molecule has 0 aromatic heterocycles. The highest BCUT2D eigenvalue weighted by molar-refractivity contribution is 6.28. The van der Waals surface area contributed by atoms with Crippen molar-refractivity contribution in [2.24, 2.45) is 0 Å². The first-order chi connectivity index (χ1) is 17.3. The van der Waals surface area contributed by atoms with Gasteiger partial charge in [-0.3, -0.25) is 19.2 Å². The zero-order valence-corrected chi connectivity index (χ0v) is 22.8. The molecule has 0 radical (unpaired) electrons. The number of Topliss-reactive ketones (excluding diaryl/α,β-unsaturated/α-hetero) is 1. The second kappa shape index (κ2) is 13.4. The molecule has 2 unspecified atom stereocenters. The van der Waals surface area contributed by atoms with E-state index in [2.05, 4.69) is 16.0 Å². The highest BCUT2D eigenvalue weighted by Crippen LogP contribution is 2.19. The molecule has 0 saturated carbocycles. The van der Waals surface area contributed by atoms with Crippen LogP contribution in [0.25, 0.3) is 0 Å². The van der Waals surface area contributed by atoms with E-state index in [0.717, 1.165) is 5.56 Å². The van der Waals surface area contributed by atoms with Crippen molar-refractivity contribution in [2.45, 2.75) is 83.6 Å². The Morgan fingerprint density at radius 3 is 2.27 bits per heavy atom. The third-order valence-corrected chi connectivity index (χ3v) is 6.08. The summed E-state index contributed by atoms with van der Waals surface area (Å²) in [6, 6.07) is 5.73. The molecule has 0 aliphatic carbocycles. The van der Waals surface area contributed by atoms with E-state index in [1.807, 2.05) is 30.3 Å². The number of nitrogens with zero attached hydrogens (tertiary/aromatic N) is 1. The number of hydrogen-bond acceptors (Lipinski definition) is 6. The first-order valence-electron chi connectivity index (χ1n) is 12.4. The van der Waals surface area contributed by atoms with E-state index < -0.39 is 53.6 Å². The first-order valence-corrected chi connectivity index (χ1v) is 12.9. The van der Waals surface area contributed by atoms with Crippen LogP contribution in [-0.4, -0.2) is 76.7 Å². The van der Waals surface area contributed by atoms with Gasteiger partial charge in [0, 0.05) is 6.54 Å². The Morgan fingerprint density at radius 1 is 1.03 bits per heavy atom. The van der Waals surface area contributed by atoms with E-state index in [1.165, 1.54) is 18.7 Å². The first kappa shape index (κ1) is 30.1. The monoisotopic (exact) mass is 536 g/mol. The maximum absolute atomic E-state index is 13.0. The summed E-state index contributed by atoms with van der Waals surface area (Å²) in [5.41, 5.74) is 0.144. The molecule has 11 heteroatoms. The summed E-state index contributed by atoms with van der Waals surface area (Å²) in [5, 5.41) is 7.82. The van der Waals surface area contributed by atoms with Gasteiger partial charge in [0.05, 0.1) is 11.9 Å². The molecular formula is C26H37ClN4O6. The maximum Gasteiger partial charge on any atom is 0.408 e. The van der Waals surface area contributed by atoms with Gasteiger partial charge >= 0.3 is 6.09 Å². The van der Waals surface area contributed by atoms with Gasteiger partial charge in [-0.05, 0) is 59.4 Å². The lowest BCUT2D eigenvalue weighted by Crippen LogP contribution is -2.56. The summed E-state index contributed by atoms with van der Waals surface area (Å²) in [6.07, 6.45) is 0.571. The number of benzene rings is 1. The highest BCUT2D eigenvalue weighted by Gasteiger charge is 2.37. The summed E-state index contributed by atoms with van der Waals surface area (Å²) in [7, 11) is 0. The van der Waals surface area contributed by atoms with Crippen LogP contribution in [0.1, 0.15) is 53.0 Å². The maximum atomic E-state index is 13.0. The summed E-state index contributed by atoms with van der Waals surface area (Å²) in [6.45, 7) is 8.52. The van der Waals surface area contributed by atoms with Gasteiger partial charge in [-0.1, -0.05) is 30.3 Å². The van der Waals surface area contributed by atoms with Crippen molar-refractivity contribution in [1.82, 2.24) is 20.9 Å². The predicted octanol–water partition coefficient (Wildman–Crippen LogP) is 1.93. The fourth-order valence-corrected chi connectivity index (χ4v) is 4.14. The van der Waals surface area contributed by atoms with Gasteiger partial charge < -0.3 is 25.6 Å². The molecule has 1 aliphatic heterocycles. The van der Waals surface area contributed by atoms with Crippen LogP contribution >= 0.6 is 11.6 Å². The van der Waals surface area contributed by atoms with Gasteiger partial charge in [0.1, 0.15) is 23.7 Å². The number of carbonyl (C=O) groups excluding carboxylic acids is 5. The van der Waals surface area contributed by atoms with E-state index >= 15 is 0 Å². The minimum atomic E-state index is -0.955. The number of halogens is 1. The van der Waals surface area contributed by atoms with Crippen LogP contribution in [0, 0.1) is 0 Å². The van der Waals surface area contributed by atoms with E-state index in [9.17, 15) is 24.0 Å². The highest BCUT2D eigenvalue weighted by atomic mass is 35.5. The topological polar surface area (TPSA) is 134 Å². The third-order valence-electron chi connectivity index (χ3n) is 5.81. The molecule has 0 spiro atoms. The van der Waals surface area contributed by atoms with Crippen LogP contribution in [0.5, 0.6) is 0 Å². The molecule has 1 aromatic rings. The van der Waals surface area contributed by atoms with Gasteiger partial charge in [0.2, 0.25) is 17.7 Å². The minimum Gasteiger partial charge on any atom is -0.444 e. The van der Waals surface area contributed by atoms with E-state index in [0.29, 0.717) is 19.4 Å². The van der Waals surface area contributed by atoms with Crippen LogP contribution < -0.4 is 16.0 Å². The zero-order valence-electron chi connectivity index (χ0n) is 22.0. The third kappa shape index (κ3) is 9.35. The summed E-state index contributed by atoms with van der Waals surface area (Å²) >= 11 is 5.74. The van der Waals surface area contributed by atoms with Crippen molar-refractivity contribution in [3.63, 3.8) is 0 Å². The number of amides is 4. The molecular weight excluding hydrogens is 500 g/mol. The van der Waals surface area contributed by atoms with Crippen molar-refractivity contribution in [1.29, 1.82) is 0 Å². The molecule has 1 fully saturated rings. The lowest BCUT2D eigenvalue weighted by Gasteiger charge is -2.29. The molecule has 37 heavy (non-hydrogen) atoms. The standard InChI is InChI=1S/C26H37ClN4O6/c1-16(22(33)30-19(21(32)15-27)14-18-10-7-6-8-11-18)28-23(34)20-12-9-13-31(20)24(35)17(2)29-25(36)37-26(3,4)5/h6-8,10-11,16-17,19-20H,9,12-15H2,1-5H3,(H,28,34)(H,29,36)(H,30,33)/t16-,17+,19?,20?/m0/s1. The van der Waals surface area contributed by atoms with Crippen LogP contribution in [0.3, 0.4) is 0 Å². The van der Waals surface area contributed by atoms with Crippen LogP contribution in [0.15, 0.2) is 30.3 Å². The number of rotatable bonds is 10. The van der Waals surface area contributed by atoms with E-state index in [1.54, 1.807) is 20.8 Å². The molecule has 1 heterocycles. The predicted molar refractivity (Wildman–Crippen MR) is 139 cm³/mol.